The van der Waals surface area contributed by atoms with E-state index in [1.165, 1.54) is 13.1 Å². The van der Waals surface area contributed by atoms with Gasteiger partial charge in [0.2, 0.25) is 18.2 Å². The van der Waals surface area contributed by atoms with Gasteiger partial charge in [0, 0.05) is 19.2 Å². The van der Waals surface area contributed by atoms with Crippen molar-refractivity contribution in [1.82, 2.24) is 20.1 Å². The first-order valence-corrected chi connectivity index (χ1v) is 5.82. The molecule has 0 saturated heterocycles. The summed E-state index contributed by atoms with van der Waals surface area (Å²) in [5.74, 6) is 0.0206. The molecule has 0 radical (unpaired) electrons. The summed E-state index contributed by atoms with van der Waals surface area (Å²) in [6, 6.07) is 5.54. The summed E-state index contributed by atoms with van der Waals surface area (Å²) in [5, 5.41) is 5.76. The molecule has 9 heteroatoms. The minimum atomic E-state index is -4.54. The number of carbonyl (C=O) groups is 1. The number of nitrogens with one attached hydrogen (secondary N) is 1. The molecule has 21 heavy (non-hydrogen) atoms. The monoisotopic (exact) mass is 300 g/mol. The van der Waals surface area contributed by atoms with Gasteiger partial charge in [0.1, 0.15) is 0 Å². The molecule has 0 atom stereocenters. The van der Waals surface area contributed by atoms with Gasteiger partial charge in [0.25, 0.3) is 0 Å². The van der Waals surface area contributed by atoms with Crippen molar-refractivity contribution in [3.8, 4) is 11.8 Å². The molecule has 0 aliphatic carbocycles. The minimum absolute atomic E-state index is 0.0877. The number of nitrogens with zero attached hydrogens (tertiary/aromatic N) is 3. The van der Waals surface area contributed by atoms with Crippen LogP contribution in [-0.2, 0) is 24.6 Å². The molecule has 0 aliphatic heterocycles. The van der Waals surface area contributed by atoms with E-state index < -0.39 is 11.9 Å². The molecule has 6 nitrogen and oxygen atoms in total. The third-order valence-electron chi connectivity index (χ3n) is 2.48. The van der Waals surface area contributed by atoms with Gasteiger partial charge in [-0.3, -0.25) is 4.79 Å². The Morgan fingerprint density at radius 2 is 2.19 bits per heavy atom. The van der Waals surface area contributed by atoms with Gasteiger partial charge in [0.15, 0.2) is 5.69 Å². The molecule has 2 aromatic rings. The zero-order valence-corrected chi connectivity index (χ0v) is 10.9. The lowest BCUT2D eigenvalue weighted by Gasteiger charge is -2.06. The molecule has 112 valence electrons. The molecular weight excluding hydrogens is 289 g/mol. The first-order valence-electron chi connectivity index (χ1n) is 5.82. The standard InChI is InChI=1S/C12H11F3N4O2/c1-19-11(5-9(18-19)12(13,14)15)21-10-4-2-3-8(17-10)6-16-7-20/h2-5,7H,6H2,1H3,(H,16,20). The lowest BCUT2D eigenvalue weighted by molar-refractivity contribution is -0.141. The summed E-state index contributed by atoms with van der Waals surface area (Å²) in [6.45, 7) is 0.194. The van der Waals surface area contributed by atoms with Crippen molar-refractivity contribution < 1.29 is 22.7 Å². The molecule has 0 aromatic carbocycles. The lowest BCUT2D eigenvalue weighted by Crippen LogP contribution is -2.11. The fourth-order valence-corrected chi connectivity index (χ4v) is 1.55. The van der Waals surface area contributed by atoms with Crippen LogP contribution in [0.25, 0.3) is 0 Å². The molecule has 0 saturated carbocycles. The number of hydrogen-bond acceptors (Lipinski definition) is 4. The van der Waals surface area contributed by atoms with Gasteiger partial charge in [-0.15, -0.1) is 0 Å². The Kier molecular flexibility index (Phi) is 4.10. The van der Waals surface area contributed by atoms with E-state index >= 15 is 0 Å². The van der Waals surface area contributed by atoms with Crippen LogP contribution in [0.2, 0.25) is 0 Å². The topological polar surface area (TPSA) is 69.0 Å². The molecule has 1 amide bonds. The van der Waals surface area contributed by atoms with Crippen LogP contribution in [0.3, 0.4) is 0 Å². The number of amides is 1. The number of ether oxygens (including phenoxy) is 1. The van der Waals surface area contributed by atoms with Crippen LogP contribution in [0.15, 0.2) is 24.3 Å². The van der Waals surface area contributed by atoms with Gasteiger partial charge in [-0.2, -0.15) is 18.3 Å². The van der Waals surface area contributed by atoms with Crippen LogP contribution < -0.4 is 10.1 Å². The third-order valence-corrected chi connectivity index (χ3v) is 2.48. The van der Waals surface area contributed by atoms with Gasteiger partial charge in [-0.05, 0) is 6.07 Å². The Hall–Kier alpha value is -2.58. The molecular formula is C12H11F3N4O2. The number of pyridine rings is 1. The molecule has 0 bridgehead atoms. The first kappa shape index (κ1) is 14.8. The number of hydrogen-bond donors (Lipinski definition) is 1. The van der Waals surface area contributed by atoms with Gasteiger partial charge < -0.3 is 10.1 Å². The van der Waals surface area contributed by atoms with Crippen LogP contribution in [-0.4, -0.2) is 21.2 Å². The molecule has 0 spiro atoms. The van der Waals surface area contributed by atoms with E-state index in [-0.39, 0.29) is 18.3 Å². The zero-order valence-electron chi connectivity index (χ0n) is 10.9. The Bertz CT molecular complexity index is 640. The number of alkyl halides is 3. The lowest BCUT2D eigenvalue weighted by atomic mass is 10.3. The number of rotatable bonds is 5. The SMILES string of the molecule is Cn1nc(C(F)(F)F)cc1Oc1cccc(CNC=O)n1. The van der Waals surface area contributed by atoms with Crippen molar-refractivity contribution in [2.45, 2.75) is 12.7 Å². The van der Waals surface area contributed by atoms with Crippen molar-refractivity contribution in [1.29, 1.82) is 0 Å². The maximum Gasteiger partial charge on any atom is 0.435 e. The third kappa shape index (κ3) is 3.71. The van der Waals surface area contributed by atoms with E-state index in [0.29, 0.717) is 12.1 Å². The largest absolute Gasteiger partial charge is 0.435 e. The highest BCUT2D eigenvalue weighted by molar-refractivity contribution is 5.46. The second kappa shape index (κ2) is 5.81. The van der Waals surface area contributed by atoms with E-state index in [2.05, 4.69) is 15.4 Å². The normalized spacial score (nSPS) is 11.2. The predicted molar refractivity (Wildman–Crippen MR) is 65.4 cm³/mol. The van der Waals surface area contributed by atoms with E-state index in [9.17, 15) is 18.0 Å². The molecule has 0 unspecified atom stereocenters. The first-order chi connectivity index (χ1) is 9.90. The quantitative estimate of drug-likeness (QED) is 0.856. The van der Waals surface area contributed by atoms with E-state index in [1.807, 2.05) is 0 Å². The second-order valence-corrected chi connectivity index (χ2v) is 4.06. The highest BCUT2D eigenvalue weighted by atomic mass is 19.4. The van der Waals surface area contributed by atoms with Gasteiger partial charge >= 0.3 is 6.18 Å². The molecule has 0 fully saturated rings. The highest BCUT2D eigenvalue weighted by Gasteiger charge is 2.35. The van der Waals surface area contributed by atoms with E-state index in [0.717, 1.165) is 10.7 Å². The highest BCUT2D eigenvalue weighted by Crippen LogP contribution is 2.31. The average Bonchev–Trinajstić information content (AvgIpc) is 2.78. The van der Waals surface area contributed by atoms with Gasteiger partial charge in [0.05, 0.1) is 12.2 Å². The maximum atomic E-state index is 12.5. The zero-order chi connectivity index (χ0) is 15.5. The summed E-state index contributed by atoms with van der Waals surface area (Å²) in [6.07, 6.45) is -4.02. The van der Waals surface area contributed by atoms with Crippen molar-refractivity contribution >= 4 is 6.41 Å². The Balaban J connectivity index is 2.18. The molecule has 1 N–H and O–H groups in total. The summed E-state index contributed by atoms with van der Waals surface area (Å²) < 4.78 is 43.9. The minimum Gasteiger partial charge on any atom is -0.421 e. The Morgan fingerprint density at radius 1 is 1.43 bits per heavy atom. The summed E-state index contributed by atoms with van der Waals surface area (Å²) in [5.41, 5.74) is -0.531. The van der Waals surface area contributed by atoms with E-state index in [1.54, 1.807) is 12.1 Å². The van der Waals surface area contributed by atoms with Crippen LogP contribution in [0.1, 0.15) is 11.4 Å². The maximum absolute atomic E-state index is 12.5. The fourth-order valence-electron chi connectivity index (χ4n) is 1.55. The van der Waals surface area contributed by atoms with Crippen molar-refractivity contribution in [2.24, 2.45) is 7.05 Å². The molecule has 2 rings (SSSR count). The smallest absolute Gasteiger partial charge is 0.421 e. The van der Waals surface area contributed by atoms with Crippen molar-refractivity contribution in [3.63, 3.8) is 0 Å². The number of halogens is 3. The Morgan fingerprint density at radius 3 is 2.81 bits per heavy atom. The van der Waals surface area contributed by atoms with E-state index in [4.69, 9.17) is 4.74 Å². The van der Waals surface area contributed by atoms with Crippen LogP contribution in [0.4, 0.5) is 13.2 Å². The van der Waals surface area contributed by atoms with Crippen LogP contribution in [0, 0.1) is 0 Å². The summed E-state index contributed by atoms with van der Waals surface area (Å²) in [4.78, 5) is 14.3. The molecule has 2 heterocycles. The van der Waals surface area contributed by atoms with Gasteiger partial charge in [-0.1, -0.05) is 6.07 Å². The second-order valence-electron chi connectivity index (χ2n) is 4.06. The van der Waals surface area contributed by atoms with Gasteiger partial charge in [-0.25, -0.2) is 9.67 Å². The number of aryl methyl sites for hydroxylation is 1. The van der Waals surface area contributed by atoms with Crippen LogP contribution in [0.5, 0.6) is 11.8 Å². The van der Waals surface area contributed by atoms with Crippen LogP contribution >= 0.6 is 0 Å². The average molecular weight is 300 g/mol. The number of carbonyl (C=O) groups excluding carboxylic acids is 1. The molecule has 2 aromatic heterocycles. The molecule has 0 aliphatic rings. The Labute approximate surface area is 117 Å². The van der Waals surface area contributed by atoms with Crippen molar-refractivity contribution in [3.05, 3.63) is 35.7 Å². The fraction of sp³-hybridized carbons (Fsp3) is 0.250. The summed E-state index contributed by atoms with van der Waals surface area (Å²) in [7, 11) is 1.34. The number of aromatic nitrogens is 3. The van der Waals surface area contributed by atoms with Crippen molar-refractivity contribution in [2.75, 3.05) is 0 Å². The predicted octanol–water partition coefficient (Wildman–Crippen LogP) is 1.87. The summed E-state index contributed by atoms with van der Waals surface area (Å²) >= 11 is 0.